The first-order valence-electron chi connectivity index (χ1n) is 4.59. The van der Waals surface area contributed by atoms with Gasteiger partial charge in [0, 0.05) is 20.1 Å². The van der Waals surface area contributed by atoms with Gasteiger partial charge in [-0.2, -0.15) is 0 Å². The molecule has 0 amide bonds. The third-order valence-electron chi connectivity index (χ3n) is 2.85. The Morgan fingerprint density at radius 1 is 1.57 bits per heavy atom. The van der Waals surface area contributed by atoms with Crippen LogP contribution in [0.3, 0.4) is 0 Å². The van der Waals surface area contributed by atoms with Crippen molar-refractivity contribution in [1.82, 2.24) is 20.1 Å². The molecule has 1 unspecified atom stereocenters. The Balaban J connectivity index is 2.26. The highest BCUT2D eigenvalue weighted by molar-refractivity contribution is 5.11. The Bertz CT molecular complexity index is 344. The van der Waals surface area contributed by atoms with Crippen LogP contribution in [0.25, 0.3) is 0 Å². The van der Waals surface area contributed by atoms with Crippen molar-refractivity contribution in [2.75, 3.05) is 13.1 Å². The van der Waals surface area contributed by atoms with Crippen LogP contribution in [0.1, 0.15) is 17.7 Å². The van der Waals surface area contributed by atoms with Gasteiger partial charge in [-0.25, -0.2) is 0 Å². The molecule has 0 aromatic carbocycles. The molecule has 6 nitrogen and oxygen atoms in total. The molecule has 2 heterocycles. The summed E-state index contributed by atoms with van der Waals surface area (Å²) in [5.41, 5.74) is 5.07. The monoisotopic (exact) mass is 197 g/mol. The topological polar surface area (TPSA) is 89.0 Å². The van der Waals surface area contributed by atoms with E-state index in [1.165, 1.54) is 0 Å². The number of nitrogens with zero attached hydrogens (tertiary/aromatic N) is 3. The van der Waals surface area contributed by atoms with Gasteiger partial charge < -0.3 is 20.7 Å². The molecule has 1 aliphatic heterocycles. The molecule has 2 rings (SSSR count). The van der Waals surface area contributed by atoms with Crippen molar-refractivity contribution in [3.05, 3.63) is 11.6 Å². The molecule has 0 bridgehead atoms. The zero-order valence-corrected chi connectivity index (χ0v) is 8.36. The lowest BCUT2D eigenvalue weighted by molar-refractivity contribution is -0.0362. The standard InChI is InChI=1S/C8H15N5O/c1-5-11-12-7(13(5)2)6(9)8(14)3-10-4-8/h6,10,14H,3-4,9H2,1-2H3. The van der Waals surface area contributed by atoms with Gasteiger partial charge in [0.25, 0.3) is 0 Å². The summed E-state index contributed by atoms with van der Waals surface area (Å²) in [5, 5.41) is 20.9. The van der Waals surface area contributed by atoms with Crippen molar-refractivity contribution < 1.29 is 5.11 Å². The summed E-state index contributed by atoms with van der Waals surface area (Å²) in [5.74, 6) is 1.43. The fraction of sp³-hybridized carbons (Fsp3) is 0.750. The predicted molar refractivity (Wildman–Crippen MR) is 50.5 cm³/mol. The largest absolute Gasteiger partial charge is 0.385 e. The first kappa shape index (κ1) is 9.57. The first-order chi connectivity index (χ1) is 6.54. The molecule has 1 aromatic heterocycles. The van der Waals surface area contributed by atoms with E-state index in [2.05, 4.69) is 15.5 Å². The summed E-state index contributed by atoms with van der Waals surface area (Å²) in [6.45, 7) is 2.88. The number of aryl methyl sites for hydroxylation is 1. The van der Waals surface area contributed by atoms with E-state index in [1.54, 1.807) is 4.57 Å². The van der Waals surface area contributed by atoms with E-state index < -0.39 is 11.6 Å². The zero-order valence-electron chi connectivity index (χ0n) is 8.36. The number of aromatic nitrogens is 3. The van der Waals surface area contributed by atoms with Crippen LogP contribution >= 0.6 is 0 Å². The third kappa shape index (κ3) is 1.23. The Kier molecular flexibility index (Phi) is 2.06. The highest BCUT2D eigenvalue weighted by Gasteiger charge is 2.43. The van der Waals surface area contributed by atoms with E-state index in [0.29, 0.717) is 18.9 Å². The van der Waals surface area contributed by atoms with E-state index in [4.69, 9.17) is 5.73 Å². The number of nitrogens with two attached hydrogens (primary N) is 1. The smallest absolute Gasteiger partial charge is 0.152 e. The van der Waals surface area contributed by atoms with Gasteiger partial charge >= 0.3 is 0 Å². The average Bonchev–Trinajstić information content (AvgIpc) is 2.43. The Morgan fingerprint density at radius 3 is 2.57 bits per heavy atom. The fourth-order valence-corrected chi connectivity index (χ4v) is 1.54. The molecular formula is C8H15N5O. The average molecular weight is 197 g/mol. The quantitative estimate of drug-likeness (QED) is 0.534. The van der Waals surface area contributed by atoms with Crippen molar-refractivity contribution in [1.29, 1.82) is 0 Å². The normalized spacial score (nSPS) is 21.7. The molecule has 0 aliphatic carbocycles. The van der Waals surface area contributed by atoms with Crippen molar-refractivity contribution in [3.8, 4) is 0 Å². The fourth-order valence-electron chi connectivity index (χ4n) is 1.54. The van der Waals surface area contributed by atoms with Gasteiger partial charge in [0.15, 0.2) is 5.82 Å². The number of nitrogens with one attached hydrogen (secondary N) is 1. The van der Waals surface area contributed by atoms with Gasteiger partial charge in [0.05, 0.1) is 6.04 Å². The van der Waals surface area contributed by atoms with Crippen LogP contribution in [0.4, 0.5) is 0 Å². The molecule has 14 heavy (non-hydrogen) atoms. The molecular weight excluding hydrogens is 182 g/mol. The minimum absolute atomic E-state index is 0.477. The van der Waals surface area contributed by atoms with E-state index in [0.717, 1.165) is 5.82 Å². The third-order valence-corrected chi connectivity index (χ3v) is 2.85. The first-order valence-corrected chi connectivity index (χ1v) is 4.59. The van der Waals surface area contributed by atoms with Crippen molar-refractivity contribution in [2.24, 2.45) is 12.8 Å². The van der Waals surface area contributed by atoms with Crippen molar-refractivity contribution in [3.63, 3.8) is 0 Å². The number of rotatable bonds is 2. The Labute approximate surface area is 82.1 Å². The lowest BCUT2D eigenvalue weighted by Gasteiger charge is -2.41. The summed E-state index contributed by atoms with van der Waals surface area (Å²) >= 11 is 0. The summed E-state index contributed by atoms with van der Waals surface area (Å²) in [7, 11) is 1.85. The number of hydrogen-bond donors (Lipinski definition) is 3. The maximum absolute atomic E-state index is 10.00. The lowest BCUT2D eigenvalue weighted by atomic mass is 9.88. The second kappa shape index (κ2) is 3.01. The van der Waals surface area contributed by atoms with Gasteiger partial charge in [-0.3, -0.25) is 0 Å². The summed E-state index contributed by atoms with van der Waals surface area (Å²) in [6.07, 6.45) is 0. The van der Waals surface area contributed by atoms with Gasteiger partial charge in [-0.05, 0) is 6.92 Å². The SMILES string of the molecule is Cc1nnc(C(N)C2(O)CNC2)n1C. The van der Waals surface area contributed by atoms with Crippen LogP contribution < -0.4 is 11.1 Å². The molecule has 78 valence electrons. The van der Waals surface area contributed by atoms with Gasteiger partial charge in [-0.15, -0.1) is 10.2 Å². The molecule has 1 aromatic rings. The van der Waals surface area contributed by atoms with E-state index in [-0.39, 0.29) is 0 Å². The molecule has 4 N–H and O–H groups in total. The molecule has 6 heteroatoms. The molecule has 1 fully saturated rings. The molecule has 0 radical (unpaired) electrons. The maximum Gasteiger partial charge on any atom is 0.152 e. The second-order valence-corrected chi connectivity index (χ2v) is 3.85. The van der Waals surface area contributed by atoms with Gasteiger partial charge in [-0.1, -0.05) is 0 Å². The summed E-state index contributed by atoms with van der Waals surface area (Å²) in [6, 6.07) is -0.477. The van der Waals surface area contributed by atoms with Crippen LogP contribution in [-0.4, -0.2) is 38.6 Å². The Hall–Kier alpha value is -0.980. The second-order valence-electron chi connectivity index (χ2n) is 3.85. The minimum Gasteiger partial charge on any atom is -0.385 e. The number of aliphatic hydroxyl groups is 1. The molecule has 0 saturated carbocycles. The highest BCUT2D eigenvalue weighted by atomic mass is 16.3. The molecule has 1 atom stereocenters. The van der Waals surface area contributed by atoms with Gasteiger partial charge in [0.2, 0.25) is 0 Å². The van der Waals surface area contributed by atoms with Crippen LogP contribution in [0, 0.1) is 6.92 Å². The number of β-amino-alcohol motifs (C(OH)–C–C–N with tert-alkyl or cyclic N) is 1. The van der Waals surface area contributed by atoms with Crippen molar-refractivity contribution >= 4 is 0 Å². The minimum atomic E-state index is -0.868. The summed E-state index contributed by atoms with van der Waals surface area (Å²) < 4.78 is 1.81. The van der Waals surface area contributed by atoms with Crippen LogP contribution in [-0.2, 0) is 7.05 Å². The Morgan fingerprint density at radius 2 is 2.21 bits per heavy atom. The molecule has 0 spiro atoms. The van der Waals surface area contributed by atoms with E-state index in [1.807, 2.05) is 14.0 Å². The van der Waals surface area contributed by atoms with Crippen LogP contribution in [0.15, 0.2) is 0 Å². The highest BCUT2D eigenvalue weighted by Crippen LogP contribution is 2.25. The van der Waals surface area contributed by atoms with Crippen molar-refractivity contribution in [2.45, 2.75) is 18.6 Å². The lowest BCUT2D eigenvalue weighted by Crippen LogP contribution is -2.65. The van der Waals surface area contributed by atoms with Gasteiger partial charge in [0.1, 0.15) is 11.4 Å². The maximum atomic E-state index is 10.00. The van der Waals surface area contributed by atoms with Crippen LogP contribution in [0.5, 0.6) is 0 Å². The summed E-state index contributed by atoms with van der Waals surface area (Å²) in [4.78, 5) is 0. The van der Waals surface area contributed by atoms with Crippen LogP contribution in [0.2, 0.25) is 0 Å². The zero-order chi connectivity index (χ0) is 10.3. The molecule has 1 aliphatic rings. The molecule has 1 saturated heterocycles. The van der Waals surface area contributed by atoms with E-state index in [9.17, 15) is 5.11 Å². The predicted octanol–water partition coefficient (Wildman–Crippen LogP) is -1.54. The van der Waals surface area contributed by atoms with E-state index >= 15 is 0 Å². The number of hydrogen-bond acceptors (Lipinski definition) is 5.